The highest BCUT2D eigenvalue weighted by molar-refractivity contribution is 6.14. The first-order valence-corrected chi connectivity index (χ1v) is 13.8. The molecule has 0 N–H and O–H groups in total. The fourth-order valence-electron chi connectivity index (χ4n) is 6.08. The first-order valence-electron chi connectivity index (χ1n) is 13.8. The molecular weight excluding hydrogens is 472 g/mol. The lowest BCUT2D eigenvalue weighted by Crippen LogP contribution is -1.92. The van der Waals surface area contributed by atoms with Crippen molar-refractivity contribution in [3.05, 3.63) is 127 Å². The van der Waals surface area contributed by atoms with E-state index in [2.05, 4.69) is 144 Å². The summed E-state index contributed by atoms with van der Waals surface area (Å²) >= 11 is 0. The molecule has 39 heavy (non-hydrogen) atoms. The summed E-state index contributed by atoms with van der Waals surface area (Å²) in [6, 6.07) is 46.4. The van der Waals surface area contributed by atoms with E-state index in [4.69, 9.17) is 0 Å². The third kappa shape index (κ3) is 3.56. The summed E-state index contributed by atoms with van der Waals surface area (Å²) in [4.78, 5) is 0. The minimum atomic E-state index is 1.19. The van der Waals surface area contributed by atoms with Crippen LogP contribution in [0.15, 0.2) is 127 Å². The van der Waals surface area contributed by atoms with Crippen LogP contribution in [0.3, 0.4) is 0 Å². The molecule has 0 radical (unpaired) electrons. The lowest BCUT2D eigenvalue weighted by Gasteiger charge is -2.08. The molecule has 0 fully saturated rings. The Morgan fingerprint density at radius 1 is 0.410 bits per heavy atom. The molecule has 0 saturated heterocycles. The van der Waals surface area contributed by atoms with Crippen molar-refractivity contribution in [2.45, 2.75) is 13.8 Å². The Bertz CT molecular complexity index is 2140. The molecule has 2 aromatic heterocycles. The van der Waals surface area contributed by atoms with Crippen LogP contribution in [0.25, 0.3) is 71.2 Å². The van der Waals surface area contributed by atoms with Crippen molar-refractivity contribution in [1.82, 2.24) is 9.13 Å². The Hall–Kier alpha value is -4.82. The molecule has 8 rings (SSSR count). The summed E-state index contributed by atoms with van der Waals surface area (Å²) in [7, 11) is 2.17. The van der Waals surface area contributed by atoms with E-state index in [0.717, 1.165) is 0 Å². The smallest absolute Gasteiger partial charge is 0.0541 e. The average molecular weight is 503 g/mol. The van der Waals surface area contributed by atoms with Crippen LogP contribution in [0.1, 0.15) is 13.8 Å². The van der Waals surface area contributed by atoms with Gasteiger partial charge in [0.05, 0.1) is 11.0 Å². The minimum Gasteiger partial charge on any atom is -0.344 e. The van der Waals surface area contributed by atoms with E-state index in [-0.39, 0.29) is 0 Å². The summed E-state index contributed by atoms with van der Waals surface area (Å²) < 4.78 is 4.69. The second kappa shape index (κ2) is 9.18. The normalized spacial score (nSPS) is 11.5. The van der Waals surface area contributed by atoms with Gasteiger partial charge in [0.1, 0.15) is 0 Å². The maximum absolute atomic E-state index is 2.37. The van der Waals surface area contributed by atoms with Gasteiger partial charge in [-0.15, -0.1) is 0 Å². The summed E-state index contributed by atoms with van der Waals surface area (Å²) in [5, 5.41) is 7.72. The number of aromatic nitrogens is 2. The molecule has 0 unspecified atom stereocenters. The molecule has 0 amide bonds. The van der Waals surface area contributed by atoms with Gasteiger partial charge in [-0.1, -0.05) is 86.6 Å². The van der Waals surface area contributed by atoms with E-state index in [1.54, 1.807) is 0 Å². The van der Waals surface area contributed by atoms with Crippen LogP contribution in [0.2, 0.25) is 0 Å². The van der Waals surface area contributed by atoms with Crippen LogP contribution < -0.4 is 0 Å². The second-order valence-corrected chi connectivity index (χ2v) is 9.93. The van der Waals surface area contributed by atoms with E-state index in [0.29, 0.717) is 0 Å². The van der Waals surface area contributed by atoms with Gasteiger partial charge in [-0.3, -0.25) is 0 Å². The number of fused-ring (bicyclic) bond motifs is 7. The highest BCUT2D eigenvalue weighted by atomic mass is 15.0. The number of para-hydroxylation sites is 2. The molecule has 0 spiro atoms. The van der Waals surface area contributed by atoms with Crippen LogP contribution >= 0.6 is 0 Å². The van der Waals surface area contributed by atoms with Gasteiger partial charge < -0.3 is 9.13 Å². The molecule has 2 nitrogen and oxygen atoms in total. The fraction of sp³-hybridized carbons (Fsp3) is 0.0811. The Morgan fingerprint density at radius 3 is 1.69 bits per heavy atom. The molecule has 2 heteroatoms. The molecule has 0 aliphatic rings. The van der Waals surface area contributed by atoms with Gasteiger partial charge in [0.15, 0.2) is 0 Å². The fourth-order valence-corrected chi connectivity index (χ4v) is 6.08. The van der Waals surface area contributed by atoms with Crippen LogP contribution in [-0.4, -0.2) is 9.13 Å². The van der Waals surface area contributed by atoms with Gasteiger partial charge in [0.25, 0.3) is 0 Å². The molecule has 8 aromatic rings. The van der Waals surface area contributed by atoms with E-state index in [1.807, 2.05) is 13.8 Å². The predicted molar refractivity (Wildman–Crippen MR) is 169 cm³/mol. The van der Waals surface area contributed by atoms with Crippen molar-refractivity contribution >= 4 is 54.4 Å². The maximum atomic E-state index is 2.37. The summed E-state index contributed by atoms with van der Waals surface area (Å²) in [5.74, 6) is 0. The number of hydrogen-bond donors (Lipinski definition) is 0. The monoisotopic (exact) mass is 502 g/mol. The zero-order valence-electron chi connectivity index (χ0n) is 22.5. The minimum absolute atomic E-state index is 1.19. The largest absolute Gasteiger partial charge is 0.344 e. The Morgan fingerprint density at radius 2 is 0.949 bits per heavy atom. The van der Waals surface area contributed by atoms with E-state index in [9.17, 15) is 0 Å². The third-order valence-electron chi connectivity index (χ3n) is 7.89. The number of rotatable bonds is 2. The first kappa shape index (κ1) is 23.3. The van der Waals surface area contributed by atoms with Crippen molar-refractivity contribution in [2.75, 3.05) is 0 Å². The van der Waals surface area contributed by atoms with Gasteiger partial charge >= 0.3 is 0 Å². The summed E-state index contributed by atoms with van der Waals surface area (Å²) in [6.45, 7) is 4.00. The van der Waals surface area contributed by atoms with E-state index >= 15 is 0 Å². The first-order chi connectivity index (χ1) is 19.3. The molecule has 2 heterocycles. The van der Waals surface area contributed by atoms with Crippen LogP contribution in [0, 0.1) is 0 Å². The Balaban J connectivity index is 0.00000124. The summed E-state index contributed by atoms with van der Waals surface area (Å²) in [6.07, 6.45) is 0. The van der Waals surface area contributed by atoms with Gasteiger partial charge in [0.2, 0.25) is 0 Å². The van der Waals surface area contributed by atoms with E-state index < -0.39 is 0 Å². The molecular formula is C37H30N2. The lowest BCUT2D eigenvalue weighted by molar-refractivity contribution is 1.02. The van der Waals surface area contributed by atoms with Crippen molar-refractivity contribution < 1.29 is 0 Å². The van der Waals surface area contributed by atoms with Crippen LogP contribution in [0.4, 0.5) is 0 Å². The zero-order chi connectivity index (χ0) is 26.5. The van der Waals surface area contributed by atoms with E-state index in [1.165, 1.54) is 71.2 Å². The highest BCUT2D eigenvalue weighted by Crippen LogP contribution is 2.37. The number of hydrogen-bond acceptors (Lipinski definition) is 0. The molecule has 188 valence electrons. The van der Waals surface area contributed by atoms with Gasteiger partial charge in [-0.2, -0.15) is 0 Å². The summed E-state index contributed by atoms with van der Waals surface area (Å²) in [5.41, 5.74) is 8.66. The van der Waals surface area contributed by atoms with Crippen molar-refractivity contribution in [3.63, 3.8) is 0 Å². The van der Waals surface area contributed by atoms with Gasteiger partial charge in [-0.25, -0.2) is 0 Å². The quantitative estimate of drug-likeness (QED) is 0.222. The maximum Gasteiger partial charge on any atom is 0.0541 e. The molecule has 6 aromatic carbocycles. The molecule has 0 atom stereocenters. The average Bonchev–Trinajstić information content (AvgIpc) is 3.48. The van der Waals surface area contributed by atoms with Crippen LogP contribution in [-0.2, 0) is 7.05 Å². The van der Waals surface area contributed by atoms with Crippen molar-refractivity contribution in [3.8, 4) is 16.8 Å². The van der Waals surface area contributed by atoms with Gasteiger partial charge in [-0.05, 0) is 76.5 Å². The molecule has 0 bridgehead atoms. The second-order valence-electron chi connectivity index (χ2n) is 9.93. The number of benzene rings is 6. The molecule has 0 aliphatic heterocycles. The van der Waals surface area contributed by atoms with Crippen molar-refractivity contribution in [2.24, 2.45) is 7.05 Å². The van der Waals surface area contributed by atoms with Crippen molar-refractivity contribution in [1.29, 1.82) is 0 Å². The number of aryl methyl sites for hydroxylation is 1. The molecule has 0 aliphatic carbocycles. The third-order valence-corrected chi connectivity index (χ3v) is 7.89. The topological polar surface area (TPSA) is 9.86 Å². The highest BCUT2D eigenvalue weighted by Gasteiger charge is 2.14. The lowest BCUT2D eigenvalue weighted by atomic mass is 10.00. The number of nitrogens with zero attached hydrogens (tertiary/aromatic N) is 2. The SMILES string of the molecule is CC.Cn1c2ccc(-c3ccc4c(c3)c3ccccc3n4-c3ccccc3)cc2c2cc3ccccc3cc21. The zero-order valence-corrected chi connectivity index (χ0v) is 22.5. The Kier molecular flexibility index (Phi) is 5.49. The standard InChI is InChI=1S/C35H24N2.C2H6/c1-36-32-17-15-25(21-30(32)31-19-23-9-5-6-10-24(23)22-35(31)36)26-16-18-34-29(20-26)28-13-7-8-14-33(28)37(34)27-11-3-2-4-12-27;1-2/h2-22H,1H3;1-2H3. The molecule has 0 saturated carbocycles. The Labute approximate surface area is 228 Å². The predicted octanol–water partition coefficient (Wildman–Crippen LogP) is 10.3. The van der Waals surface area contributed by atoms with Gasteiger partial charge in [0, 0.05) is 45.3 Å². The van der Waals surface area contributed by atoms with Crippen LogP contribution in [0.5, 0.6) is 0 Å².